The number of benzene rings is 1. The summed E-state index contributed by atoms with van der Waals surface area (Å²) in [4.78, 5) is 0. The van der Waals surface area contributed by atoms with Crippen molar-refractivity contribution in [3.05, 3.63) is 29.8 Å². The summed E-state index contributed by atoms with van der Waals surface area (Å²) in [5, 5.41) is 0. The van der Waals surface area contributed by atoms with Crippen molar-refractivity contribution in [3.8, 4) is 5.75 Å². The Balaban J connectivity index is 2.86. The summed E-state index contributed by atoms with van der Waals surface area (Å²) in [5.41, 5.74) is 6.74. The molecular weight excluding hydrogens is 250 g/mol. The maximum Gasteiger partial charge on any atom is 0.157 e. The Labute approximate surface area is 109 Å². The molecule has 0 aliphatic carbocycles. The highest BCUT2D eigenvalue weighted by atomic mass is 32.2. The van der Waals surface area contributed by atoms with Gasteiger partial charge in [0, 0.05) is 6.04 Å². The van der Waals surface area contributed by atoms with Crippen molar-refractivity contribution >= 4 is 9.84 Å². The summed E-state index contributed by atoms with van der Waals surface area (Å²) in [6, 6.07) is 6.63. The predicted molar refractivity (Wildman–Crippen MR) is 73.5 cm³/mol. The molecule has 0 spiro atoms. The molecule has 2 N–H and O–H groups in total. The Bertz CT molecular complexity index is 486. The van der Waals surface area contributed by atoms with E-state index in [1.165, 1.54) is 0 Å². The Kier molecular flexibility index (Phi) is 4.40. The van der Waals surface area contributed by atoms with Crippen molar-refractivity contribution in [1.82, 2.24) is 0 Å². The second-order valence-electron chi connectivity index (χ2n) is 5.27. The van der Waals surface area contributed by atoms with Crippen molar-refractivity contribution < 1.29 is 13.2 Å². The fourth-order valence-corrected chi connectivity index (χ4v) is 2.60. The Morgan fingerprint density at radius 3 is 2.11 bits per heavy atom. The van der Waals surface area contributed by atoms with Crippen molar-refractivity contribution in [2.24, 2.45) is 5.73 Å². The van der Waals surface area contributed by atoms with Gasteiger partial charge in [0.25, 0.3) is 0 Å². The molecule has 0 saturated heterocycles. The maximum atomic E-state index is 12.1. The number of methoxy groups -OCH3 is 1. The molecule has 1 unspecified atom stereocenters. The number of hydrogen-bond acceptors (Lipinski definition) is 4. The van der Waals surface area contributed by atoms with Gasteiger partial charge >= 0.3 is 0 Å². The van der Waals surface area contributed by atoms with Crippen LogP contribution in [0.5, 0.6) is 5.75 Å². The van der Waals surface area contributed by atoms with Crippen LogP contribution in [-0.2, 0) is 9.84 Å². The maximum absolute atomic E-state index is 12.1. The molecule has 0 bridgehead atoms. The molecule has 0 saturated carbocycles. The highest BCUT2D eigenvalue weighted by molar-refractivity contribution is 7.92. The standard InChI is InChI=1S/C13H21NO3S/c1-13(2,3)18(15,16)9-12(14)10-5-7-11(17-4)8-6-10/h5-8,12H,9,14H2,1-4H3. The van der Waals surface area contributed by atoms with Gasteiger partial charge in [-0.3, -0.25) is 0 Å². The minimum absolute atomic E-state index is 0.0527. The van der Waals surface area contributed by atoms with Gasteiger partial charge < -0.3 is 10.5 Å². The number of sulfone groups is 1. The van der Waals surface area contributed by atoms with E-state index >= 15 is 0 Å². The summed E-state index contributed by atoms with van der Waals surface area (Å²) >= 11 is 0. The minimum Gasteiger partial charge on any atom is -0.497 e. The third-order valence-corrected chi connectivity index (χ3v) is 5.54. The first kappa shape index (κ1) is 15.0. The van der Waals surface area contributed by atoms with E-state index in [0.29, 0.717) is 0 Å². The van der Waals surface area contributed by atoms with Crippen LogP contribution in [0.25, 0.3) is 0 Å². The van der Waals surface area contributed by atoms with Gasteiger partial charge in [0.1, 0.15) is 5.75 Å². The van der Waals surface area contributed by atoms with E-state index < -0.39 is 20.6 Å². The number of rotatable bonds is 4. The van der Waals surface area contributed by atoms with Crippen molar-refractivity contribution in [2.75, 3.05) is 12.9 Å². The van der Waals surface area contributed by atoms with Gasteiger partial charge in [-0.2, -0.15) is 0 Å². The third kappa shape index (κ3) is 3.46. The quantitative estimate of drug-likeness (QED) is 0.908. The zero-order chi connectivity index (χ0) is 14.0. The van der Waals surface area contributed by atoms with Crippen molar-refractivity contribution in [1.29, 1.82) is 0 Å². The van der Waals surface area contributed by atoms with Gasteiger partial charge in [-0.05, 0) is 38.5 Å². The highest BCUT2D eigenvalue weighted by Crippen LogP contribution is 2.22. The Morgan fingerprint density at radius 2 is 1.72 bits per heavy atom. The number of nitrogens with two attached hydrogens (primary N) is 1. The summed E-state index contributed by atoms with van der Waals surface area (Å²) in [7, 11) is -1.63. The van der Waals surface area contributed by atoms with Gasteiger partial charge in [0.05, 0.1) is 17.6 Å². The molecule has 1 aromatic carbocycles. The van der Waals surface area contributed by atoms with Gasteiger partial charge in [0.15, 0.2) is 9.84 Å². The molecule has 1 rings (SSSR count). The Morgan fingerprint density at radius 1 is 1.22 bits per heavy atom. The Hall–Kier alpha value is -1.07. The molecule has 1 atom stereocenters. The highest BCUT2D eigenvalue weighted by Gasteiger charge is 2.30. The van der Waals surface area contributed by atoms with Crippen LogP contribution >= 0.6 is 0 Å². The van der Waals surface area contributed by atoms with Crippen LogP contribution in [0, 0.1) is 0 Å². The van der Waals surface area contributed by atoms with Crippen LogP contribution in [0.2, 0.25) is 0 Å². The zero-order valence-electron chi connectivity index (χ0n) is 11.3. The molecule has 0 aliphatic rings. The molecule has 0 radical (unpaired) electrons. The molecule has 0 aliphatic heterocycles. The molecule has 4 nitrogen and oxygen atoms in total. The lowest BCUT2D eigenvalue weighted by molar-refractivity contribution is 0.414. The van der Waals surface area contributed by atoms with Crippen molar-refractivity contribution in [3.63, 3.8) is 0 Å². The van der Waals surface area contributed by atoms with Crippen molar-refractivity contribution in [2.45, 2.75) is 31.6 Å². The van der Waals surface area contributed by atoms with Crippen LogP contribution in [0.1, 0.15) is 32.4 Å². The van der Waals surface area contributed by atoms with E-state index in [2.05, 4.69) is 0 Å². The molecule has 0 heterocycles. The van der Waals surface area contributed by atoms with Gasteiger partial charge in [-0.1, -0.05) is 12.1 Å². The average Bonchev–Trinajstić information content (AvgIpc) is 2.27. The van der Waals surface area contributed by atoms with Gasteiger partial charge in [0.2, 0.25) is 0 Å². The third-order valence-electron chi connectivity index (χ3n) is 2.88. The predicted octanol–water partition coefficient (Wildman–Crippen LogP) is 1.91. The molecule has 1 aromatic rings. The lowest BCUT2D eigenvalue weighted by Crippen LogP contribution is -2.34. The van der Waals surface area contributed by atoms with E-state index in [9.17, 15) is 8.42 Å². The normalized spacial score (nSPS) is 14.3. The first-order valence-electron chi connectivity index (χ1n) is 5.79. The zero-order valence-corrected chi connectivity index (χ0v) is 12.1. The lowest BCUT2D eigenvalue weighted by Gasteiger charge is -2.22. The molecule has 0 aromatic heterocycles. The minimum atomic E-state index is -3.22. The van der Waals surface area contributed by atoms with Gasteiger partial charge in [-0.25, -0.2) is 8.42 Å². The molecule has 5 heteroatoms. The van der Waals surface area contributed by atoms with Crippen LogP contribution < -0.4 is 10.5 Å². The second kappa shape index (κ2) is 5.28. The molecule has 0 fully saturated rings. The fraction of sp³-hybridized carbons (Fsp3) is 0.538. The van der Waals surface area contributed by atoms with Crippen LogP contribution in [-0.4, -0.2) is 26.0 Å². The van der Waals surface area contributed by atoms with E-state index in [4.69, 9.17) is 10.5 Å². The smallest absolute Gasteiger partial charge is 0.157 e. The average molecular weight is 271 g/mol. The molecular formula is C13H21NO3S. The summed E-state index contributed by atoms with van der Waals surface area (Å²) in [5.74, 6) is 0.674. The van der Waals surface area contributed by atoms with E-state index in [0.717, 1.165) is 11.3 Å². The molecule has 0 amide bonds. The summed E-state index contributed by atoms with van der Waals surface area (Å²) in [6.07, 6.45) is 0. The molecule has 18 heavy (non-hydrogen) atoms. The first-order chi connectivity index (χ1) is 8.17. The summed E-state index contributed by atoms with van der Waals surface area (Å²) in [6.45, 7) is 5.05. The first-order valence-corrected chi connectivity index (χ1v) is 7.44. The fourth-order valence-electron chi connectivity index (χ4n) is 1.43. The monoisotopic (exact) mass is 271 g/mol. The largest absolute Gasteiger partial charge is 0.497 e. The SMILES string of the molecule is COc1ccc(C(N)CS(=O)(=O)C(C)(C)C)cc1. The van der Waals surface area contributed by atoms with E-state index in [1.54, 1.807) is 52.1 Å². The van der Waals surface area contributed by atoms with E-state index in [-0.39, 0.29) is 5.75 Å². The van der Waals surface area contributed by atoms with Crippen LogP contribution in [0.3, 0.4) is 0 Å². The molecule has 102 valence electrons. The van der Waals surface area contributed by atoms with Gasteiger partial charge in [-0.15, -0.1) is 0 Å². The lowest BCUT2D eigenvalue weighted by atomic mass is 10.1. The van der Waals surface area contributed by atoms with Crippen LogP contribution in [0.15, 0.2) is 24.3 Å². The van der Waals surface area contributed by atoms with Crippen LogP contribution in [0.4, 0.5) is 0 Å². The topological polar surface area (TPSA) is 69.4 Å². The number of hydrogen-bond donors (Lipinski definition) is 1. The second-order valence-corrected chi connectivity index (χ2v) is 8.06. The van der Waals surface area contributed by atoms with E-state index in [1.807, 2.05) is 0 Å². The summed E-state index contributed by atoms with van der Waals surface area (Å²) < 4.78 is 28.4. The number of ether oxygens (including phenoxy) is 1.